The van der Waals surface area contributed by atoms with Crippen molar-refractivity contribution in [3.8, 4) is 11.4 Å². The monoisotopic (exact) mass is 303 g/mol. The molecular weight excluding hydrogens is 299 g/mol. The summed E-state index contributed by atoms with van der Waals surface area (Å²) in [7, 11) is -4.46. The van der Waals surface area contributed by atoms with Crippen molar-refractivity contribution in [3.05, 3.63) is 42.0 Å². The molecule has 2 rings (SSSR count). The second kappa shape index (κ2) is 4.91. The minimum absolute atomic E-state index is 0.337. The lowest BCUT2D eigenvalue weighted by molar-refractivity contribution is 0.447. The van der Waals surface area contributed by atoms with Crippen molar-refractivity contribution in [2.45, 2.75) is 0 Å². The summed E-state index contributed by atoms with van der Waals surface area (Å²) in [6.45, 7) is 0. The van der Waals surface area contributed by atoms with Gasteiger partial charge in [-0.15, -0.1) is 0 Å². The van der Waals surface area contributed by atoms with Gasteiger partial charge < -0.3 is 0 Å². The van der Waals surface area contributed by atoms with E-state index in [9.17, 15) is 26.4 Å². The smallest absolute Gasteiger partial charge is 0.236 e. The zero-order chi connectivity index (χ0) is 14.9. The molecule has 1 heterocycles. The van der Waals surface area contributed by atoms with E-state index in [1.165, 1.54) is 0 Å². The number of carbonyl (C=O) groups excluding carboxylic acids is 1. The first-order valence-corrected chi connectivity index (χ1v) is 6.29. The van der Waals surface area contributed by atoms with Crippen molar-refractivity contribution in [3.63, 3.8) is 0 Å². The summed E-state index contributed by atoms with van der Waals surface area (Å²) in [6, 6.07) is 1.13. The first-order valence-electron chi connectivity index (χ1n) is 4.89. The lowest BCUT2D eigenvalue weighted by Gasteiger charge is -2.05. The Morgan fingerprint density at radius 1 is 1.20 bits per heavy atom. The van der Waals surface area contributed by atoms with Crippen LogP contribution in [0.2, 0.25) is 0 Å². The van der Waals surface area contributed by atoms with Gasteiger partial charge in [0.05, 0.1) is 0 Å². The van der Waals surface area contributed by atoms with Crippen molar-refractivity contribution in [2.24, 2.45) is 4.40 Å². The van der Waals surface area contributed by atoms with Gasteiger partial charge in [0, 0.05) is 18.0 Å². The van der Waals surface area contributed by atoms with Crippen LogP contribution in [-0.4, -0.2) is 23.5 Å². The SMILES string of the molecule is O=C=NS(=O)(=O)n1ccnc1-c1cc(F)c(F)c(F)c1. The maximum absolute atomic E-state index is 13.1. The molecule has 2 aromatic rings. The Morgan fingerprint density at radius 3 is 2.35 bits per heavy atom. The third-order valence-corrected chi connectivity index (χ3v) is 3.35. The highest BCUT2D eigenvalue weighted by atomic mass is 32.2. The number of benzene rings is 1. The molecule has 0 saturated heterocycles. The molecule has 0 radical (unpaired) electrons. The normalized spacial score (nSPS) is 11.2. The van der Waals surface area contributed by atoms with Gasteiger partial charge in [0.1, 0.15) is 0 Å². The van der Waals surface area contributed by atoms with E-state index in [2.05, 4.69) is 9.38 Å². The van der Waals surface area contributed by atoms with Crippen LogP contribution in [0.1, 0.15) is 0 Å². The Hall–Kier alpha value is -2.45. The summed E-state index contributed by atoms with van der Waals surface area (Å²) in [4.78, 5) is 13.6. The summed E-state index contributed by atoms with van der Waals surface area (Å²) in [5.41, 5.74) is -0.337. The number of halogens is 3. The van der Waals surface area contributed by atoms with Gasteiger partial charge >= 0.3 is 10.2 Å². The topological polar surface area (TPSA) is 81.4 Å². The van der Waals surface area contributed by atoms with Gasteiger partial charge in [0.15, 0.2) is 23.3 Å². The Morgan fingerprint density at radius 2 is 1.80 bits per heavy atom. The van der Waals surface area contributed by atoms with Gasteiger partial charge in [0.25, 0.3) is 6.08 Å². The summed E-state index contributed by atoms with van der Waals surface area (Å²) < 4.78 is 65.2. The van der Waals surface area contributed by atoms with Crippen LogP contribution in [-0.2, 0) is 15.0 Å². The molecule has 20 heavy (non-hydrogen) atoms. The molecular formula is C10H4F3N3O3S. The maximum Gasteiger partial charge on any atom is 0.360 e. The second-order valence-corrected chi connectivity index (χ2v) is 4.93. The average Bonchev–Trinajstić information content (AvgIpc) is 2.85. The Balaban J connectivity index is 2.68. The molecule has 0 atom stereocenters. The number of hydrogen-bond donors (Lipinski definition) is 0. The van der Waals surface area contributed by atoms with Crippen LogP contribution in [0, 0.1) is 17.5 Å². The zero-order valence-electron chi connectivity index (χ0n) is 9.42. The van der Waals surface area contributed by atoms with Crippen LogP contribution in [0.3, 0.4) is 0 Å². The first-order chi connectivity index (χ1) is 9.36. The van der Waals surface area contributed by atoms with E-state index in [0.717, 1.165) is 18.5 Å². The van der Waals surface area contributed by atoms with Crippen molar-refractivity contribution in [1.29, 1.82) is 0 Å². The molecule has 0 aliphatic carbocycles. The third-order valence-electron chi connectivity index (χ3n) is 2.25. The standard InChI is InChI=1S/C10H4F3N3O3S/c11-7-3-6(4-8(12)9(7)13)10-14-1-2-16(10)20(18,19)15-5-17/h1-4H. The largest absolute Gasteiger partial charge is 0.360 e. The predicted octanol–water partition coefficient (Wildman–Crippen LogP) is 1.40. The molecule has 0 fully saturated rings. The van der Waals surface area contributed by atoms with Crippen LogP contribution in [0.15, 0.2) is 28.9 Å². The highest BCUT2D eigenvalue weighted by Crippen LogP contribution is 2.23. The fraction of sp³-hybridized carbons (Fsp3) is 0. The van der Waals surface area contributed by atoms with Crippen LogP contribution in [0.5, 0.6) is 0 Å². The van der Waals surface area contributed by atoms with Gasteiger partial charge in [-0.1, -0.05) is 4.40 Å². The highest BCUT2D eigenvalue weighted by Gasteiger charge is 2.20. The molecule has 6 nitrogen and oxygen atoms in total. The van der Waals surface area contributed by atoms with Gasteiger partial charge in [-0.3, -0.25) is 0 Å². The molecule has 0 aliphatic rings. The molecule has 10 heteroatoms. The average molecular weight is 303 g/mol. The predicted molar refractivity (Wildman–Crippen MR) is 60.0 cm³/mol. The summed E-state index contributed by atoms with van der Waals surface area (Å²) >= 11 is 0. The summed E-state index contributed by atoms with van der Waals surface area (Å²) in [5.74, 6) is -5.14. The van der Waals surface area contributed by atoms with Crippen LogP contribution < -0.4 is 0 Å². The molecule has 104 valence electrons. The Labute approximate surface area is 110 Å². The van der Waals surface area contributed by atoms with Crippen molar-refractivity contribution in [1.82, 2.24) is 8.96 Å². The molecule has 1 aromatic carbocycles. The van der Waals surface area contributed by atoms with E-state index in [-0.39, 0.29) is 5.56 Å². The van der Waals surface area contributed by atoms with Crippen LogP contribution in [0.4, 0.5) is 13.2 Å². The highest BCUT2D eigenvalue weighted by molar-refractivity contribution is 7.88. The Kier molecular flexibility index (Phi) is 3.43. The maximum atomic E-state index is 13.1. The summed E-state index contributed by atoms with van der Waals surface area (Å²) in [5, 5.41) is 0. The number of aromatic nitrogens is 2. The molecule has 1 aromatic heterocycles. The number of hydrogen-bond acceptors (Lipinski definition) is 4. The fourth-order valence-electron chi connectivity index (χ4n) is 1.46. The molecule has 0 amide bonds. The molecule has 0 saturated carbocycles. The first kappa shape index (κ1) is 14.0. The third kappa shape index (κ3) is 2.33. The minimum Gasteiger partial charge on any atom is -0.236 e. The molecule has 0 N–H and O–H groups in total. The fourth-order valence-corrected chi connectivity index (χ4v) is 2.22. The van der Waals surface area contributed by atoms with Gasteiger partial charge in [-0.05, 0) is 12.1 Å². The molecule has 0 unspecified atom stereocenters. The minimum atomic E-state index is -4.46. The van der Waals surface area contributed by atoms with E-state index < -0.39 is 33.5 Å². The molecule has 0 aliphatic heterocycles. The van der Waals surface area contributed by atoms with Crippen molar-refractivity contribution >= 4 is 16.3 Å². The molecule has 0 spiro atoms. The molecule has 0 bridgehead atoms. The second-order valence-electron chi connectivity index (χ2n) is 3.46. The lowest BCUT2D eigenvalue weighted by Crippen LogP contribution is -2.10. The Bertz CT molecular complexity index is 802. The summed E-state index contributed by atoms with van der Waals surface area (Å²) in [6.07, 6.45) is 2.75. The van der Waals surface area contributed by atoms with Crippen molar-refractivity contribution < 1.29 is 26.4 Å². The van der Waals surface area contributed by atoms with Gasteiger partial charge in [0.2, 0.25) is 0 Å². The number of nitrogens with zero attached hydrogens (tertiary/aromatic N) is 3. The lowest BCUT2D eigenvalue weighted by atomic mass is 10.2. The number of rotatable bonds is 3. The van der Waals surface area contributed by atoms with E-state index in [1.54, 1.807) is 0 Å². The van der Waals surface area contributed by atoms with Crippen LogP contribution in [0.25, 0.3) is 11.4 Å². The quantitative estimate of drug-likeness (QED) is 0.487. The van der Waals surface area contributed by atoms with Gasteiger partial charge in [-0.25, -0.2) is 26.9 Å². The zero-order valence-corrected chi connectivity index (χ0v) is 10.2. The number of isocyanates is 1. The van der Waals surface area contributed by atoms with E-state index >= 15 is 0 Å². The van der Waals surface area contributed by atoms with Crippen molar-refractivity contribution in [2.75, 3.05) is 0 Å². The van der Waals surface area contributed by atoms with Crippen LogP contribution >= 0.6 is 0 Å². The van der Waals surface area contributed by atoms with Gasteiger partial charge in [-0.2, -0.15) is 8.42 Å². The van der Waals surface area contributed by atoms with E-state index in [4.69, 9.17) is 0 Å². The number of imidazole rings is 1. The van der Waals surface area contributed by atoms with E-state index in [1.807, 2.05) is 0 Å². The van der Waals surface area contributed by atoms with E-state index in [0.29, 0.717) is 16.1 Å².